The monoisotopic (exact) mass is 179 g/mol. The van der Waals surface area contributed by atoms with Crippen molar-refractivity contribution >= 4 is 15.9 Å². The SMILES string of the molecule is [CH2]CCC(C(C)=O)S(=O)(=O)O. The predicted molar refractivity (Wildman–Crippen MR) is 40.6 cm³/mol. The van der Waals surface area contributed by atoms with Gasteiger partial charge in [-0.3, -0.25) is 9.35 Å². The van der Waals surface area contributed by atoms with Crippen LogP contribution in [0.3, 0.4) is 0 Å². The van der Waals surface area contributed by atoms with Crippen LogP contribution in [0, 0.1) is 6.92 Å². The summed E-state index contributed by atoms with van der Waals surface area (Å²) in [6.07, 6.45) is 0.387. The highest BCUT2D eigenvalue weighted by Gasteiger charge is 2.26. The second-order valence-corrected chi connectivity index (χ2v) is 3.86. The van der Waals surface area contributed by atoms with Crippen LogP contribution >= 0.6 is 0 Å². The molecule has 1 atom stereocenters. The van der Waals surface area contributed by atoms with E-state index in [2.05, 4.69) is 6.92 Å². The van der Waals surface area contributed by atoms with Crippen molar-refractivity contribution in [2.24, 2.45) is 0 Å². The summed E-state index contributed by atoms with van der Waals surface area (Å²) < 4.78 is 29.4. The van der Waals surface area contributed by atoms with E-state index in [-0.39, 0.29) is 6.42 Å². The normalized spacial score (nSPS) is 14.5. The van der Waals surface area contributed by atoms with E-state index in [1.807, 2.05) is 0 Å². The minimum absolute atomic E-state index is 0.0775. The van der Waals surface area contributed by atoms with E-state index in [1.165, 1.54) is 0 Å². The molecule has 0 spiro atoms. The molecule has 11 heavy (non-hydrogen) atoms. The van der Waals surface area contributed by atoms with Crippen LogP contribution in [0.4, 0.5) is 0 Å². The summed E-state index contributed by atoms with van der Waals surface area (Å²) in [5, 5.41) is -1.29. The van der Waals surface area contributed by atoms with Gasteiger partial charge in [-0.25, -0.2) is 0 Å². The van der Waals surface area contributed by atoms with Crippen molar-refractivity contribution in [3.63, 3.8) is 0 Å². The van der Waals surface area contributed by atoms with Crippen LogP contribution in [0.1, 0.15) is 19.8 Å². The van der Waals surface area contributed by atoms with E-state index in [4.69, 9.17) is 4.55 Å². The van der Waals surface area contributed by atoms with Crippen LogP contribution in [0.15, 0.2) is 0 Å². The van der Waals surface area contributed by atoms with Crippen molar-refractivity contribution in [2.45, 2.75) is 25.0 Å². The van der Waals surface area contributed by atoms with E-state index in [0.29, 0.717) is 6.42 Å². The van der Waals surface area contributed by atoms with E-state index >= 15 is 0 Å². The first-order chi connectivity index (χ1) is 4.89. The van der Waals surface area contributed by atoms with Gasteiger partial charge in [0.15, 0.2) is 0 Å². The average molecular weight is 179 g/mol. The van der Waals surface area contributed by atoms with Crippen LogP contribution in [0.2, 0.25) is 0 Å². The van der Waals surface area contributed by atoms with Crippen molar-refractivity contribution < 1.29 is 17.8 Å². The Morgan fingerprint density at radius 1 is 1.64 bits per heavy atom. The minimum atomic E-state index is -4.22. The third-order valence-corrected chi connectivity index (χ3v) is 2.57. The molecule has 0 heterocycles. The minimum Gasteiger partial charge on any atom is -0.298 e. The number of carbonyl (C=O) groups is 1. The van der Waals surface area contributed by atoms with E-state index < -0.39 is 21.2 Å². The molecule has 0 aliphatic heterocycles. The van der Waals surface area contributed by atoms with Gasteiger partial charge >= 0.3 is 0 Å². The number of hydrogen-bond donors (Lipinski definition) is 1. The van der Waals surface area contributed by atoms with Crippen molar-refractivity contribution in [1.82, 2.24) is 0 Å². The fourth-order valence-electron chi connectivity index (χ4n) is 0.747. The predicted octanol–water partition coefficient (Wildman–Crippen LogP) is 0.446. The highest BCUT2D eigenvalue weighted by molar-refractivity contribution is 7.87. The molecule has 65 valence electrons. The number of rotatable bonds is 4. The van der Waals surface area contributed by atoms with Crippen LogP contribution in [-0.4, -0.2) is 24.0 Å². The van der Waals surface area contributed by atoms with Crippen molar-refractivity contribution in [2.75, 3.05) is 0 Å². The van der Waals surface area contributed by atoms with Crippen LogP contribution in [-0.2, 0) is 14.9 Å². The first-order valence-electron chi connectivity index (χ1n) is 3.15. The lowest BCUT2D eigenvalue weighted by atomic mass is 10.2. The van der Waals surface area contributed by atoms with Crippen LogP contribution in [0.25, 0.3) is 0 Å². The zero-order valence-corrected chi connectivity index (χ0v) is 7.10. The van der Waals surface area contributed by atoms with Gasteiger partial charge in [-0.05, 0) is 13.3 Å². The second-order valence-electron chi connectivity index (χ2n) is 2.26. The standard InChI is InChI=1S/C6H11O4S/c1-3-4-6(5(2)7)11(8,9)10/h6H,1,3-4H2,2H3,(H,8,9,10). The molecular formula is C6H11O4S. The summed E-state index contributed by atoms with van der Waals surface area (Å²) in [5.74, 6) is -0.545. The quantitative estimate of drug-likeness (QED) is 0.636. The Morgan fingerprint density at radius 3 is 2.18 bits per heavy atom. The van der Waals surface area contributed by atoms with Gasteiger partial charge in [0, 0.05) is 0 Å². The maximum absolute atomic E-state index is 10.6. The fraction of sp³-hybridized carbons (Fsp3) is 0.667. The highest BCUT2D eigenvalue weighted by Crippen LogP contribution is 2.07. The van der Waals surface area contributed by atoms with Crippen LogP contribution < -0.4 is 0 Å². The molecule has 0 aromatic heterocycles. The van der Waals surface area contributed by atoms with Gasteiger partial charge in [0.1, 0.15) is 11.0 Å². The third kappa shape index (κ3) is 3.48. The van der Waals surface area contributed by atoms with Crippen molar-refractivity contribution in [3.05, 3.63) is 6.92 Å². The lowest BCUT2D eigenvalue weighted by Crippen LogP contribution is -2.27. The molecule has 0 aromatic rings. The summed E-state index contributed by atoms with van der Waals surface area (Å²) in [7, 11) is -4.22. The molecule has 5 heteroatoms. The molecule has 1 N–H and O–H groups in total. The molecule has 1 radical (unpaired) electrons. The largest absolute Gasteiger partial charge is 0.298 e. The van der Waals surface area contributed by atoms with Crippen LogP contribution in [0.5, 0.6) is 0 Å². The van der Waals surface area contributed by atoms with Gasteiger partial charge in [0.2, 0.25) is 0 Å². The number of Topliss-reactive ketones (excluding diaryl/α,β-unsaturated/α-hetero) is 1. The number of hydrogen-bond acceptors (Lipinski definition) is 3. The molecule has 0 rings (SSSR count). The van der Waals surface area contributed by atoms with E-state index in [0.717, 1.165) is 6.92 Å². The fourth-order valence-corrected chi connectivity index (χ4v) is 1.63. The van der Waals surface area contributed by atoms with Crippen molar-refractivity contribution in [3.8, 4) is 0 Å². The van der Waals surface area contributed by atoms with Gasteiger partial charge in [-0.2, -0.15) is 8.42 Å². The van der Waals surface area contributed by atoms with Gasteiger partial charge in [-0.15, -0.1) is 0 Å². The zero-order chi connectivity index (χ0) is 9.07. The first-order valence-corrected chi connectivity index (χ1v) is 4.66. The Balaban J connectivity index is 4.49. The lowest BCUT2D eigenvalue weighted by molar-refractivity contribution is -0.116. The van der Waals surface area contributed by atoms with Gasteiger partial charge in [0.25, 0.3) is 10.1 Å². The Hall–Kier alpha value is -0.420. The molecule has 0 aliphatic carbocycles. The summed E-state index contributed by atoms with van der Waals surface area (Å²) in [5.41, 5.74) is 0. The maximum atomic E-state index is 10.6. The highest BCUT2D eigenvalue weighted by atomic mass is 32.2. The average Bonchev–Trinajstić information content (AvgIpc) is 1.79. The molecule has 0 saturated heterocycles. The summed E-state index contributed by atoms with van der Waals surface area (Å²) >= 11 is 0. The molecule has 0 aliphatic rings. The molecule has 1 unspecified atom stereocenters. The Kier molecular flexibility index (Phi) is 3.68. The molecule has 4 nitrogen and oxygen atoms in total. The Labute approximate surface area is 66.4 Å². The summed E-state index contributed by atoms with van der Waals surface area (Å²) in [6.45, 7) is 4.53. The van der Waals surface area contributed by atoms with E-state index in [1.54, 1.807) is 0 Å². The Bertz CT molecular complexity index is 229. The number of ketones is 1. The molecule has 0 fully saturated rings. The topological polar surface area (TPSA) is 71.4 Å². The molecular weight excluding hydrogens is 168 g/mol. The molecule has 0 saturated carbocycles. The molecule has 0 amide bonds. The molecule has 0 bridgehead atoms. The van der Waals surface area contributed by atoms with E-state index in [9.17, 15) is 13.2 Å². The third-order valence-electron chi connectivity index (χ3n) is 1.28. The van der Waals surface area contributed by atoms with Gasteiger partial charge in [-0.1, -0.05) is 13.3 Å². The first kappa shape index (κ1) is 10.6. The molecule has 0 aromatic carbocycles. The summed E-state index contributed by atoms with van der Waals surface area (Å²) in [4.78, 5) is 10.6. The van der Waals surface area contributed by atoms with Crippen molar-refractivity contribution in [1.29, 1.82) is 0 Å². The van der Waals surface area contributed by atoms with Gasteiger partial charge < -0.3 is 0 Å². The van der Waals surface area contributed by atoms with Gasteiger partial charge in [0.05, 0.1) is 0 Å². The smallest absolute Gasteiger partial charge is 0.274 e. The lowest BCUT2D eigenvalue weighted by Gasteiger charge is -2.07. The Morgan fingerprint density at radius 2 is 2.09 bits per heavy atom. The number of carbonyl (C=O) groups excluding carboxylic acids is 1. The zero-order valence-electron chi connectivity index (χ0n) is 6.28. The summed E-state index contributed by atoms with van der Waals surface area (Å²) in [6, 6.07) is 0. The second kappa shape index (κ2) is 3.82. The maximum Gasteiger partial charge on any atom is 0.274 e.